The normalized spacial score (nSPS) is 13.8. The van der Waals surface area contributed by atoms with E-state index < -0.39 is 48.2 Å². The molecule has 9 heteroatoms. The van der Waals surface area contributed by atoms with Gasteiger partial charge in [0, 0.05) is 6.04 Å². The highest BCUT2D eigenvalue weighted by Gasteiger charge is 2.39. The van der Waals surface area contributed by atoms with E-state index in [1.54, 1.807) is 32.9 Å². The van der Waals surface area contributed by atoms with Gasteiger partial charge in [-0.2, -0.15) is 0 Å². The molecule has 0 saturated carbocycles. The molecule has 2 aromatic carbocycles. The van der Waals surface area contributed by atoms with Crippen molar-refractivity contribution in [2.45, 2.75) is 92.0 Å². The van der Waals surface area contributed by atoms with Crippen LogP contribution in [0.1, 0.15) is 77.1 Å². The number of hydrogen-bond donors (Lipinski definition) is 3. The predicted molar refractivity (Wildman–Crippen MR) is 159 cm³/mol. The first-order valence-electron chi connectivity index (χ1n) is 13.7. The first-order chi connectivity index (χ1) is 18.7. The SMILES string of the molecule is Cc1ccccc1C(C(=O)Nc1c(C)cccc1Cl)N(C(=O)C(CO)NC(=O)OC(C)(C)C)C(C)CCC(C)C. The summed E-state index contributed by atoms with van der Waals surface area (Å²) < 4.78 is 5.33. The molecular formula is C31H44ClN3O5. The molecule has 2 aromatic rings. The van der Waals surface area contributed by atoms with Crippen molar-refractivity contribution in [2.24, 2.45) is 5.92 Å². The minimum absolute atomic E-state index is 0.365. The number of nitrogens with zero attached hydrogens (tertiary/aromatic N) is 1. The number of benzene rings is 2. The molecule has 2 rings (SSSR count). The van der Waals surface area contributed by atoms with Crippen LogP contribution in [0.3, 0.4) is 0 Å². The molecule has 0 spiro atoms. The molecule has 220 valence electrons. The summed E-state index contributed by atoms with van der Waals surface area (Å²) in [4.78, 5) is 42.4. The molecule has 3 N–H and O–H groups in total. The number of carbonyl (C=O) groups excluding carboxylic acids is 3. The summed E-state index contributed by atoms with van der Waals surface area (Å²) in [6.07, 6.45) is 0.577. The van der Waals surface area contributed by atoms with E-state index in [1.807, 2.05) is 51.1 Å². The molecule has 0 saturated heterocycles. The van der Waals surface area contributed by atoms with Crippen molar-refractivity contribution in [1.82, 2.24) is 10.2 Å². The van der Waals surface area contributed by atoms with E-state index in [1.165, 1.54) is 4.90 Å². The Balaban J connectivity index is 2.62. The van der Waals surface area contributed by atoms with Gasteiger partial charge in [-0.1, -0.05) is 61.8 Å². The molecule has 0 heterocycles. The van der Waals surface area contributed by atoms with E-state index in [0.29, 0.717) is 28.6 Å². The van der Waals surface area contributed by atoms with E-state index in [9.17, 15) is 19.5 Å². The average molecular weight is 574 g/mol. The number of anilines is 1. The molecule has 0 aromatic heterocycles. The van der Waals surface area contributed by atoms with Crippen LogP contribution in [0.15, 0.2) is 42.5 Å². The topological polar surface area (TPSA) is 108 Å². The lowest BCUT2D eigenvalue weighted by Crippen LogP contribution is -2.56. The zero-order chi connectivity index (χ0) is 30.2. The van der Waals surface area contributed by atoms with Crippen LogP contribution in [-0.2, 0) is 14.3 Å². The van der Waals surface area contributed by atoms with Gasteiger partial charge in [-0.3, -0.25) is 9.59 Å². The summed E-state index contributed by atoms with van der Waals surface area (Å²) in [7, 11) is 0. The molecule has 0 aliphatic rings. The van der Waals surface area contributed by atoms with Gasteiger partial charge in [-0.15, -0.1) is 0 Å². The molecule has 40 heavy (non-hydrogen) atoms. The van der Waals surface area contributed by atoms with Crippen LogP contribution < -0.4 is 10.6 Å². The van der Waals surface area contributed by atoms with Crippen LogP contribution in [0.2, 0.25) is 5.02 Å². The Morgan fingerprint density at radius 3 is 2.15 bits per heavy atom. The molecule has 0 aliphatic heterocycles. The third-order valence-corrected chi connectivity index (χ3v) is 6.86. The number of ether oxygens (including phenoxy) is 1. The monoisotopic (exact) mass is 573 g/mol. The van der Waals surface area contributed by atoms with Gasteiger partial charge in [0.1, 0.15) is 17.7 Å². The fourth-order valence-electron chi connectivity index (χ4n) is 4.42. The van der Waals surface area contributed by atoms with Crippen molar-refractivity contribution < 1.29 is 24.2 Å². The summed E-state index contributed by atoms with van der Waals surface area (Å²) >= 11 is 6.44. The van der Waals surface area contributed by atoms with E-state index in [0.717, 1.165) is 17.5 Å². The van der Waals surface area contributed by atoms with Gasteiger partial charge < -0.3 is 25.4 Å². The highest BCUT2D eigenvalue weighted by molar-refractivity contribution is 6.34. The Kier molecular flexibility index (Phi) is 12.0. The van der Waals surface area contributed by atoms with E-state index in [2.05, 4.69) is 24.5 Å². The van der Waals surface area contributed by atoms with Crippen molar-refractivity contribution in [2.75, 3.05) is 11.9 Å². The first kappa shape index (κ1) is 33.1. The average Bonchev–Trinajstić information content (AvgIpc) is 2.85. The number of nitrogens with one attached hydrogen (secondary N) is 2. The van der Waals surface area contributed by atoms with Gasteiger partial charge in [-0.05, 0) is 83.1 Å². The summed E-state index contributed by atoms with van der Waals surface area (Å²) in [5, 5.41) is 16.0. The fraction of sp³-hybridized carbons (Fsp3) is 0.516. The van der Waals surface area contributed by atoms with Crippen molar-refractivity contribution in [3.05, 3.63) is 64.2 Å². The van der Waals surface area contributed by atoms with Gasteiger partial charge in [0.15, 0.2) is 0 Å². The zero-order valence-corrected chi connectivity index (χ0v) is 25.6. The Morgan fingerprint density at radius 1 is 0.975 bits per heavy atom. The largest absolute Gasteiger partial charge is 0.444 e. The second kappa shape index (κ2) is 14.5. The summed E-state index contributed by atoms with van der Waals surface area (Å²) in [6, 6.07) is 9.88. The quantitative estimate of drug-likeness (QED) is 0.298. The van der Waals surface area contributed by atoms with E-state index in [-0.39, 0.29) is 0 Å². The summed E-state index contributed by atoms with van der Waals surface area (Å²) in [5.74, 6) is -0.683. The predicted octanol–water partition coefficient (Wildman–Crippen LogP) is 6.18. The van der Waals surface area contributed by atoms with Crippen molar-refractivity contribution in [3.8, 4) is 0 Å². The van der Waals surface area contributed by atoms with Gasteiger partial charge in [0.2, 0.25) is 5.91 Å². The van der Waals surface area contributed by atoms with Crippen LogP contribution in [-0.4, -0.2) is 52.2 Å². The van der Waals surface area contributed by atoms with Gasteiger partial charge in [0.25, 0.3) is 5.91 Å². The number of alkyl carbamates (subject to hydrolysis) is 1. The lowest BCUT2D eigenvalue weighted by molar-refractivity contribution is -0.144. The number of hydrogen-bond acceptors (Lipinski definition) is 5. The minimum atomic E-state index is -1.32. The number of aliphatic hydroxyl groups excluding tert-OH is 1. The molecule has 0 fully saturated rings. The Labute approximate surface area is 243 Å². The fourth-order valence-corrected chi connectivity index (χ4v) is 4.69. The van der Waals surface area contributed by atoms with Crippen molar-refractivity contribution in [1.29, 1.82) is 0 Å². The maximum atomic E-state index is 14.2. The molecule has 0 aliphatic carbocycles. The first-order valence-corrected chi connectivity index (χ1v) is 14.1. The van der Waals surface area contributed by atoms with Crippen LogP contribution in [0, 0.1) is 19.8 Å². The van der Waals surface area contributed by atoms with Gasteiger partial charge in [-0.25, -0.2) is 4.79 Å². The second-order valence-corrected chi connectivity index (χ2v) is 12.0. The van der Waals surface area contributed by atoms with Crippen LogP contribution in [0.4, 0.5) is 10.5 Å². The number of halogens is 1. The number of carbonyl (C=O) groups is 3. The molecule has 3 amide bonds. The standard InChI is InChI=1S/C31H44ClN3O5/c1-19(2)16-17-22(5)35(29(38)25(18-36)33-30(39)40-31(6,7)8)27(23-14-10-9-12-20(23)3)28(37)34-26-21(4)13-11-15-24(26)32/h9-15,19,22,25,27,36H,16-18H2,1-8H3,(H,33,39)(H,34,37). The number of para-hydroxylation sites is 1. The van der Waals surface area contributed by atoms with Gasteiger partial charge >= 0.3 is 6.09 Å². The van der Waals surface area contributed by atoms with E-state index >= 15 is 0 Å². The molecule has 3 unspecified atom stereocenters. The summed E-state index contributed by atoms with van der Waals surface area (Å²) in [6.45, 7) is 14.2. The van der Waals surface area contributed by atoms with Gasteiger partial charge in [0.05, 0.1) is 17.3 Å². The molecule has 0 radical (unpaired) electrons. The second-order valence-electron chi connectivity index (χ2n) is 11.6. The van der Waals surface area contributed by atoms with Crippen LogP contribution in [0.25, 0.3) is 0 Å². The highest BCUT2D eigenvalue weighted by atomic mass is 35.5. The van der Waals surface area contributed by atoms with Crippen molar-refractivity contribution >= 4 is 35.2 Å². The Morgan fingerprint density at radius 2 is 1.60 bits per heavy atom. The van der Waals surface area contributed by atoms with E-state index in [4.69, 9.17) is 16.3 Å². The number of rotatable bonds is 11. The third kappa shape index (κ3) is 9.24. The Bertz CT molecular complexity index is 1160. The zero-order valence-electron chi connectivity index (χ0n) is 24.9. The third-order valence-electron chi connectivity index (χ3n) is 6.54. The Hall–Kier alpha value is -3.10. The molecule has 3 atom stereocenters. The summed E-state index contributed by atoms with van der Waals surface area (Å²) in [5.41, 5.74) is 1.88. The molecule has 8 nitrogen and oxygen atoms in total. The highest BCUT2D eigenvalue weighted by Crippen LogP contribution is 2.32. The smallest absolute Gasteiger partial charge is 0.408 e. The maximum Gasteiger partial charge on any atom is 0.408 e. The number of aryl methyl sites for hydroxylation is 2. The minimum Gasteiger partial charge on any atom is -0.444 e. The molecular weight excluding hydrogens is 530 g/mol. The number of aliphatic hydroxyl groups is 1. The van der Waals surface area contributed by atoms with Crippen LogP contribution >= 0.6 is 11.6 Å². The molecule has 0 bridgehead atoms. The van der Waals surface area contributed by atoms with Crippen molar-refractivity contribution in [3.63, 3.8) is 0 Å². The number of amides is 3. The maximum absolute atomic E-state index is 14.2. The van der Waals surface area contributed by atoms with Crippen LogP contribution in [0.5, 0.6) is 0 Å². The lowest BCUT2D eigenvalue weighted by Gasteiger charge is -2.39. The lowest BCUT2D eigenvalue weighted by atomic mass is 9.94.